The molecule has 3 aromatic rings. The summed E-state index contributed by atoms with van der Waals surface area (Å²) in [5.41, 5.74) is 7.86. The zero-order chi connectivity index (χ0) is 21.4. The first kappa shape index (κ1) is 20.1. The molecule has 0 spiro atoms. The molecule has 0 saturated heterocycles. The zero-order valence-corrected chi connectivity index (χ0v) is 18.7. The molecule has 0 fully saturated rings. The SMILES string of the molecule is CCC1CCc2ccccc2C2=C(CCN(C(=O)c3ccc(C)c4ccccc34)C2)C1. The summed E-state index contributed by atoms with van der Waals surface area (Å²) >= 11 is 0. The van der Waals surface area contributed by atoms with E-state index in [0.29, 0.717) is 0 Å². The Morgan fingerprint density at radius 2 is 1.74 bits per heavy atom. The number of hydrogen-bond acceptors (Lipinski definition) is 1. The largest absolute Gasteiger partial charge is 0.334 e. The van der Waals surface area contributed by atoms with Crippen LogP contribution in [0.5, 0.6) is 0 Å². The highest BCUT2D eigenvalue weighted by molar-refractivity contribution is 6.08. The van der Waals surface area contributed by atoms with E-state index >= 15 is 0 Å². The molecule has 1 heterocycles. The number of amides is 1. The maximum atomic E-state index is 13.7. The van der Waals surface area contributed by atoms with Crippen LogP contribution < -0.4 is 0 Å². The van der Waals surface area contributed by atoms with E-state index in [4.69, 9.17) is 0 Å². The molecule has 3 aromatic carbocycles. The Bertz CT molecular complexity index is 1170. The van der Waals surface area contributed by atoms with Crippen molar-refractivity contribution >= 4 is 22.3 Å². The van der Waals surface area contributed by atoms with Crippen molar-refractivity contribution in [2.75, 3.05) is 13.1 Å². The van der Waals surface area contributed by atoms with E-state index in [2.05, 4.69) is 67.3 Å². The lowest BCUT2D eigenvalue weighted by molar-refractivity contribution is 0.0774. The quantitative estimate of drug-likeness (QED) is 0.455. The Hall–Kier alpha value is -2.87. The maximum Gasteiger partial charge on any atom is 0.254 e. The van der Waals surface area contributed by atoms with E-state index in [1.807, 2.05) is 12.1 Å². The van der Waals surface area contributed by atoms with E-state index < -0.39 is 0 Å². The predicted molar refractivity (Wildman–Crippen MR) is 129 cm³/mol. The summed E-state index contributed by atoms with van der Waals surface area (Å²) in [4.78, 5) is 15.8. The van der Waals surface area contributed by atoms with Gasteiger partial charge in [0.15, 0.2) is 0 Å². The third kappa shape index (κ3) is 3.69. The van der Waals surface area contributed by atoms with Crippen molar-refractivity contribution in [2.45, 2.75) is 46.0 Å². The molecule has 1 amide bonds. The highest BCUT2D eigenvalue weighted by Crippen LogP contribution is 2.38. The number of nitrogens with zero attached hydrogens (tertiary/aromatic N) is 1. The molecule has 1 aliphatic carbocycles. The molecular weight excluding hydrogens is 378 g/mol. The molecule has 1 unspecified atom stereocenters. The monoisotopic (exact) mass is 409 g/mol. The van der Waals surface area contributed by atoms with Gasteiger partial charge >= 0.3 is 0 Å². The number of benzene rings is 3. The summed E-state index contributed by atoms with van der Waals surface area (Å²) < 4.78 is 0. The first-order valence-electron chi connectivity index (χ1n) is 11.7. The second-order valence-corrected chi connectivity index (χ2v) is 9.21. The summed E-state index contributed by atoms with van der Waals surface area (Å²) in [7, 11) is 0. The molecule has 2 aliphatic rings. The lowest BCUT2D eigenvalue weighted by Gasteiger charge is -2.35. The molecule has 158 valence electrons. The smallest absolute Gasteiger partial charge is 0.254 e. The minimum absolute atomic E-state index is 0.161. The Kier molecular flexibility index (Phi) is 5.40. The number of hydrogen-bond donors (Lipinski definition) is 0. The zero-order valence-electron chi connectivity index (χ0n) is 18.7. The van der Waals surface area contributed by atoms with Crippen LogP contribution in [0.1, 0.15) is 59.7 Å². The number of fused-ring (bicyclic) bond motifs is 3. The molecule has 0 radical (unpaired) electrons. The van der Waals surface area contributed by atoms with Gasteiger partial charge in [-0.1, -0.05) is 73.5 Å². The van der Waals surface area contributed by atoms with Crippen molar-refractivity contribution < 1.29 is 4.79 Å². The molecule has 1 atom stereocenters. The van der Waals surface area contributed by atoms with Gasteiger partial charge in [0, 0.05) is 18.7 Å². The van der Waals surface area contributed by atoms with Gasteiger partial charge in [-0.25, -0.2) is 0 Å². The van der Waals surface area contributed by atoms with Crippen LogP contribution in [-0.2, 0) is 6.42 Å². The molecule has 5 rings (SSSR count). The van der Waals surface area contributed by atoms with Gasteiger partial charge in [-0.05, 0) is 77.6 Å². The molecule has 1 aliphatic heterocycles. The summed E-state index contributed by atoms with van der Waals surface area (Å²) in [6.45, 7) is 5.98. The molecule has 31 heavy (non-hydrogen) atoms. The van der Waals surface area contributed by atoms with Crippen LogP contribution in [0.2, 0.25) is 0 Å². The molecule has 2 nitrogen and oxygen atoms in total. The van der Waals surface area contributed by atoms with E-state index in [1.54, 1.807) is 5.57 Å². The fraction of sp³-hybridized carbons (Fsp3) is 0.345. The topological polar surface area (TPSA) is 20.3 Å². The Morgan fingerprint density at radius 3 is 2.58 bits per heavy atom. The summed E-state index contributed by atoms with van der Waals surface area (Å²) in [5.74, 6) is 0.913. The first-order chi connectivity index (χ1) is 15.2. The van der Waals surface area contributed by atoms with Crippen LogP contribution in [0.25, 0.3) is 16.3 Å². The van der Waals surface area contributed by atoms with Crippen LogP contribution in [0.4, 0.5) is 0 Å². The minimum Gasteiger partial charge on any atom is -0.334 e. The molecular formula is C29H31NO. The summed E-state index contributed by atoms with van der Waals surface area (Å²) in [6, 6.07) is 21.3. The van der Waals surface area contributed by atoms with Crippen molar-refractivity contribution in [3.63, 3.8) is 0 Å². The van der Waals surface area contributed by atoms with Crippen molar-refractivity contribution in [1.29, 1.82) is 0 Å². The van der Waals surface area contributed by atoms with Gasteiger partial charge in [-0.15, -0.1) is 0 Å². The highest BCUT2D eigenvalue weighted by Gasteiger charge is 2.28. The van der Waals surface area contributed by atoms with E-state index in [0.717, 1.165) is 42.8 Å². The van der Waals surface area contributed by atoms with Gasteiger partial charge in [-0.3, -0.25) is 4.79 Å². The van der Waals surface area contributed by atoms with Crippen LogP contribution in [0.3, 0.4) is 0 Å². The maximum absolute atomic E-state index is 13.7. The standard InChI is InChI=1S/C29H31NO/c1-3-21-13-14-22-8-4-5-10-25(22)28-19-30(17-16-23(28)18-21)29(31)27-15-12-20(2)24-9-6-7-11-26(24)27/h4-12,15,21H,3,13-14,16-19H2,1-2H3. The van der Waals surface area contributed by atoms with Gasteiger partial charge in [0.05, 0.1) is 0 Å². The van der Waals surface area contributed by atoms with E-state index in [1.165, 1.54) is 46.9 Å². The Morgan fingerprint density at radius 1 is 0.968 bits per heavy atom. The van der Waals surface area contributed by atoms with Crippen molar-refractivity contribution in [3.8, 4) is 0 Å². The van der Waals surface area contributed by atoms with Crippen LogP contribution in [-0.4, -0.2) is 23.9 Å². The fourth-order valence-electron chi connectivity index (χ4n) is 5.47. The van der Waals surface area contributed by atoms with Gasteiger partial charge in [-0.2, -0.15) is 0 Å². The normalized spacial score (nSPS) is 18.9. The Balaban J connectivity index is 1.53. The number of carbonyl (C=O) groups is 1. The van der Waals surface area contributed by atoms with Gasteiger partial charge < -0.3 is 4.90 Å². The second kappa shape index (κ2) is 8.34. The molecule has 0 bridgehead atoms. The van der Waals surface area contributed by atoms with Crippen molar-refractivity contribution in [3.05, 3.63) is 88.5 Å². The number of aryl methyl sites for hydroxylation is 2. The average Bonchev–Trinajstić information content (AvgIpc) is 2.81. The van der Waals surface area contributed by atoms with E-state index in [9.17, 15) is 4.79 Å². The predicted octanol–water partition coefficient (Wildman–Crippen LogP) is 6.81. The van der Waals surface area contributed by atoms with Crippen molar-refractivity contribution in [2.24, 2.45) is 5.92 Å². The van der Waals surface area contributed by atoms with Crippen LogP contribution in [0.15, 0.2) is 66.2 Å². The van der Waals surface area contributed by atoms with Gasteiger partial charge in [0.1, 0.15) is 0 Å². The average molecular weight is 410 g/mol. The summed E-state index contributed by atoms with van der Waals surface area (Å²) in [5, 5.41) is 2.24. The second-order valence-electron chi connectivity index (χ2n) is 9.21. The van der Waals surface area contributed by atoms with Gasteiger partial charge in [0.25, 0.3) is 5.91 Å². The van der Waals surface area contributed by atoms with Crippen LogP contribution >= 0.6 is 0 Å². The lowest BCUT2D eigenvalue weighted by atomic mass is 9.79. The third-order valence-electron chi connectivity index (χ3n) is 7.40. The molecule has 0 saturated carbocycles. The highest BCUT2D eigenvalue weighted by atomic mass is 16.2. The third-order valence-corrected chi connectivity index (χ3v) is 7.40. The molecule has 0 aromatic heterocycles. The van der Waals surface area contributed by atoms with E-state index in [-0.39, 0.29) is 5.91 Å². The fourth-order valence-corrected chi connectivity index (χ4v) is 5.47. The molecule has 2 heteroatoms. The number of carbonyl (C=O) groups excluding carboxylic acids is 1. The summed E-state index contributed by atoms with van der Waals surface area (Å²) in [6.07, 6.45) is 5.83. The number of rotatable bonds is 2. The van der Waals surface area contributed by atoms with Gasteiger partial charge in [0.2, 0.25) is 0 Å². The lowest BCUT2D eigenvalue weighted by Crippen LogP contribution is -2.37. The van der Waals surface area contributed by atoms with Crippen molar-refractivity contribution in [1.82, 2.24) is 4.90 Å². The molecule has 0 N–H and O–H groups in total. The minimum atomic E-state index is 0.161. The first-order valence-corrected chi connectivity index (χ1v) is 11.7. The Labute approximate surface area is 185 Å². The van der Waals surface area contributed by atoms with Crippen LogP contribution in [0, 0.1) is 12.8 Å².